The average Bonchev–Trinajstić information content (AvgIpc) is 3.06. The van der Waals surface area contributed by atoms with Gasteiger partial charge in [-0.1, -0.05) is 71.1 Å². The second kappa shape index (κ2) is 31.8. The molecule has 0 rings (SSSR count). The molecule has 13 heteroatoms. The second-order valence-corrected chi connectivity index (χ2v) is 13.0. The molecular formula is C37H63NO12. The zero-order valence-corrected chi connectivity index (χ0v) is 30.3. The van der Waals surface area contributed by atoms with Gasteiger partial charge in [-0.2, -0.15) is 0 Å². The van der Waals surface area contributed by atoms with E-state index in [4.69, 9.17) is 14.6 Å². The first-order valence-corrected chi connectivity index (χ1v) is 18.6. The Morgan fingerprint density at radius 3 is 1.54 bits per heavy atom. The third-order valence-electron chi connectivity index (χ3n) is 8.57. The van der Waals surface area contributed by atoms with Crippen molar-refractivity contribution in [2.24, 2.45) is 11.8 Å². The maximum Gasteiger partial charge on any atom is 0.306 e. The summed E-state index contributed by atoms with van der Waals surface area (Å²) in [6.07, 6.45) is 14.3. The van der Waals surface area contributed by atoms with E-state index in [1.54, 1.807) is 6.92 Å². The van der Waals surface area contributed by atoms with Gasteiger partial charge in [0.1, 0.15) is 18.2 Å². The van der Waals surface area contributed by atoms with Gasteiger partial charge in [0.05, 0.1) is 31.7 Å². The minimum atomic E-state index is -1.09. The van der Waals surface area contributed by atoms with E-state index in [2.05, 4.69) is 5.32 Å². The van der Waals surface area contributed by atoms with Crippen LogP contribution in [0.3, 0.4) is 0 Å². The lowest BCUT2D eigenvalue weighted by Gasteiger charge is -2.12. The number of ketones is 3. The summed E-state index contributed by atoms with van der Waals surface area (Å²) in [7, 11) is 0. The van der Waals surface area contributed by atoms with Gasteiger partial charge in [0.25, 0.3) is 0 Å². The molecule has 50 heavy (non-hydrogen) atoms. The highest BCUT2D eigenvalue weighted by molar-refractivity contribution is 5.85. The Bertz CT molecular complexity index is 999. The van der Waals surface area contributed by atoms with E-state index < -0.39 is 29.7 Å². The lowest BCUT2D eigenvalue weighted by atomic mass is 9.94. The summed E-state index contributed by atoms with van der Waals surface area (Å²) in [6.45, 7) is 2.15. The Labute approximate surface area is 297 Å². The molecule has 0 bridgehead atoms. The number of carboxylic acids is 3. The second-order valence-electron chi connectivity index (χ2n) is 13.0. The van der Waals surface area contributed by atoms with Gasteiger partial charge >= 0.3 is 17.9 Å². The number of aliphatic carboxylic acids is 3. The zero-order valence-electron chi connectivity index (χ0n) is 30.3. The van der Waals surface area contributed by atoms with Crippen molar-refractivity contribution >= 4 is 41.2 Å². The van der Waals surface area contributed by atoms with Gasteiger partial charge in [0.15, 0.2) is 5.78 Å². The van der Waals surface area contributed by atoms with E-state index in [-0.39, 0.29) is 94.8 Å². The molecule has 288 valence electrons. The molecule has 0 saturated carbocycles. The van der Waals surface area contributed by atoms with Gasteiger partial charge in [0, 0.05) is 51.5 Å². The first-order valence-electron chi connectivity index (χ1n) is 18.6. The quantitative estimate of drug-likeness (QED) is 0.0552. The van der Waals surface area contributed by atoms with Crippen molar-refractivity contribution in [1.29, 1.82) is 0 Å². The van der Waals surface area contributed by atoms with Crippen molar-refractivity contribution in [2.75, 3.05) is 33.0 Å². The summed E-state index contributed by atoms with van der Waals surface area (Å²) in [5.74, 6) is -5.36. The molecular weight excluding hydrogens is 650 g/mol. The Kier molecular flexibility index (Phi) is 29.7. The van der Waals surface area contributed by atoms with Crippen LogP contribution in [0, 0.1) is 11.8 Å². The molecule has 4 N–H and O–H groups in total. The maximum atomic E-state index is 12.4. The number of amides is 1. The normalized spacial score (nSPS) is 12.3. The van der Waals surface area contributed by atoms with Crippen LogP contribution in [-0.2, 0) is 43.0 Å². The minimum absolute atomic E-state index is 0.0214. The molecule has 0 aromatic carbocycles. The summed E-state index contributed by atoms with van der Waals surface area (Å²) >= 11 is 0. The number of hydrogen-bond donors (Lipinski definition) is 4. The smallest absolute Gasteiger partial charge is 0.306 e. The summed E-state index contributed by atoms with van der Waals surface area (Å²) in [5.41, 5.74) is 0. The van der Waals surface area contributed by atoms with E-state index in [0.29, 0.717) is 25.7 Å². The van der Waals surface area contributed by atoms with Crippen LogP contribution in [0.15, 0.2) is 0 Å². The number of unbranched alkanes of at least 4 members (excludes halogenated alkanes) is 11. The summed E-state index contributed by atoms with van der Waals surface area (Å²) < 4.78 is 10.6. The fraction of sp³-hybridized carbons (Fsp3) is 0.811. The highest BCUT2D eigenvalue weighted by atomic mass is 16.5. The van der Waals surface area contributed by atoms with Gasteiger partial charge < -0.3 is 30.1 Å². The standard InChI is InChI=1S/C37H63NO12/c1-2-31(39)18-15-16-29(36(45)46)27-33(41)28-50-25-24-49-23-22-38-34(42)21-20-30(37(47)48)26-32(40)17-13-11-9-7-5-3-4-6-8-10-12-14-19-35(43)44/h29-30H,2-28H2,1H3,(H,38,42)(H,43,44)(H,45,46)(H,47,48). The van der Waals surface area contributed by atoms with E-state index in [0.717, 1.165) is 57.8 Å². The summed E-state index contributed by atoms with van der Waals surface area (Å²) in [5, 5.41) is 30.1. The van der Waals surface area contributed by atoms with Gasteiger partial charge in [-0.05, 0) is 32.1 Å². The van der Waals surface area contributed by atoms with E-state index in [9.17, 15) is 43.8 Å². The topological polar surface area (TPSA) is 211 Å². The third-order valence-corrected chi connectivity index (χ3v) is 8.57. The Balaban J connectivity index is 3.86. The highest BCUT2D eigenvalue weighted by Gasteiger charge is 2.23. The number of carbonyl (C=O) groups is 7. The summed E-state index contributed by atoms with van der Waals surface area (Å²) in [4.78, 5) is 81.5. The van der Waals surface area contributed by atoms with Crippen LogP contribution in [0.2, 0.25) is 0 Å². The average molecular weight is 714 g/mol. The van der Waals surface area contributed by atoms with Gasteiger partial charge in [-0.3, -0.25) is 33.6 Å². The van der Waals surface area contributed by atoms with Crippen molar-refractivity contribution < 1.29 is 58.4 Å². The summed E-state index contributed by atoms with van der Waals surface area (Å²) in [6, 6.07) is 0. The zero-order chi connectivity index (χ0) is 37.4. The van der Waals surface area contributed by atoms with Crippen LogP contribution >= 0.6 is 0 Å². The molecule has 0 aliphatic carbocycles. The molecule has 0 radical (unpaired) electrons. The fourth-order valence-electron chi connectivity index (χ4n) is 5.49. The van der Waals surface area contributed by atoms with Crippen LogP contribution < -0.4 is 5.32 Å². The van der Waals surface area contributed by atoms with E-state index in [1.165, 1.54) is 19.3 Å². The molecule has 13 nitrogen and oxygen atoms in total. The third kappa shape index (κ3) is 29.7. The number of ether oxygens (including phenoxy) is 2. The Morgan fingerprint density at radius 2 is 1.00 bits per heavy atom. The Morgan fingerprint density at radius 1 is 0.520 bits per heavy atom. The molecule has 2 unspecified atom stereocenters. The lowest BCUT2D eigenvalue weighted by Crippen LogP contribution is -2.29. The predicted octanol–water partition coefficient (Wildman–Crippen LogP) is 5.93. The number of carbonyl (C=O) groups excluding carboxylic acids is 4. The molecule has 0 spiro atoms. The molecule has 0 aromatic rings. The van der Waals surface area contributed by atoms with Crippen LogP contribution in [0.1, 0.15) is 148 Å². The van der Waals surface area contributed by atoms with Crippen molar-refractivity contribution in [1.82, 2.24) is 5.32 Å². The number of rotatable bonds is 37. The van der Waals surface area contributed by atoms with Gasteiger partial charge in [0.2, 0.25) is 5.91 Å². The fourth-order valence-corrected chi connectivity index (χ4v) is 5.49. The van der Waals surface area contributed by atoms with Crippen molar-refractivity contribution in [2.45, 2.75) is 148 Å². The van der Waals surface area contributed by atoms with E-state index >= 15 is 0 Å². The van der Waals surface area contributed by atoms with Crippen LogP contribution in [0.4, 0.5) is 0 Å². The first-order chi connectivity index (χ1) is 24.0. The maximum absolute atomic E-state index is 12.4. The van der Waals surface area contributed by atoms with Gasteiger partial charge in [-0.15, -0.1) is 0 Å². The van der Waals surface area contributed by atoms with Crippen molar-refractivity contribution in [3.05, 3.63) is 0 Å². The number of Topliss-reactive ketones (excluding diaryl/α,β-unsaturated/α-hetero) is 3. The van der Waals surface area contributed by atoms with Crippen LogP contribution in [0.5, 0.6) is 0 Å². The van der Waals surface area contributed by atoms with Crippen LogP contribution in [-0.4, -0.2) is 89.5 Å². The molecule has 0 fully saturated rings. The largest absolute Gasteiger partial charge is 0.481 e. The molecule has 0 aliphatic heterocycles. The van der Waals surface area contributed by atoms with Crippen LogP contribution in [0.25, 0.3) is 0 Å². The first kappa shape index (κ1) is 46.8. The molecule has 2 atom stereocenters. The molecule has 0 saturated heterocycles. The molecule has 1 amide bonds. The molecule has 0 aromatic heterocycles. The number of nitrogens with one attached hydrogen (secondary N) is 1. The predicted molar refractivity (Wildman–Crippen MR) is 187 cm³/mol. The van der Waals surface area contributed by atoms with Crippen molar-refractivity contribution in [3.8, 4) is 0 Å². The molecule has 0 heterocycles. The SMILES string of the molecule is CCC(=O)CCCC(CC(=O)COCCOCCNC(=O)CCC(CC(=O)CCCCCCCCCCCCCCC(=O)O)C(=O)O)C(=O)O. The van der Waals surface area contributed by atoms with Crippen molar-refractivity contribution in [3.63, 3.8) is 0 Å². The number of carboxylic acid groups (broad SMARTS) is 3. The van der Waals surface area contributed by atoms with Gasteiger partial charge in [-0.25, -0.2) is 0 Å². The highest BCUT2D eigenvalue weighted by Crippen LogP contribution is 2.17. The molecule has 0 aliphatic rings. The minimum Gasteiger partial charge on any atom is -0.481 e. The van der Waals surface area contributed by atoms with E-state index in [1.807, 2.05) is 0 Å². The lowest BCUT2D eigenvalue weighted by molar-refractivity contribution is -0.145. The Hall–Kier alpha value is -3.19. The number of hydrogen-bond acceptors (Lipinski definition) is 9. The monoisotopic (exact) mass is 713 g/mol.